The minimum absolute atomic E-state index is 0.111. The van der Waals surface area contributed by atoms with Crippen molar-refractivity contribution in [1.29, 1.82) is 0 Å². The first kappa shape index (κ1) is 15.7. The molecule has 1 atom stereocenters. The van der Waals surface area contributed by atoms with Gasteiger partial charge in [0.25, 0.3) is 5.91 Å². The first-order chi connectivity index (χ1) is 9.86. The predicted molar refractivity (Wildman–Crippen MR) is 74.9 cm³/mol. The van der Waals surface area contributed by atoms with Crippen molar-refractivity contribution in [3.63, 3.8) is 0 Å². The van der Waals surface area contributed by atoms with Crippen molar-refractivity contribution in [2.75, 3.05) is 13.2 Å². The van der Waals surface area contributed by atoms with Gasteiger partial charge < -0.3 is 14.8 Å². The zero-order chi connectivity index (χ0) is 15.5. The molecular formula is C13H23N5O3. The van der Waals surface area contributed by atoms with Crippen molar-refractivity contribution < 1.29 is 14.3 Å². The second-order valence-corrected chi connectivity index (χ2v) is 6.19. The number of hydrogen-bond donors (Lipinski definition) is 1. The Morgan fingerprint density at radius 2 is 2.10 bits per heavy atom. The molecule has 118 valence electrons. The molecule has 0 bridgehead atoms. The van der Waals surface area contributed by atoms with E-state index in [1.807, 2.05) is 20.8 Å². The van der Waals surface area contributed by atoms with Crippen LogP contribution in [0, 0.1) is 0 Å². The largest absolute Gasteiger partial charge is 0.448 e. The van der Waals surface area contributed by atoms with Crippen LogP contribution in [0.3, 0.4) is 0 Å². The van der Waals surface area contributed by atoms with Crippen molar-refractivity contribution in [3.8, 4) is 6.01 Å². The molecule has 1 aromatic rings. The Morgan fingerprint density at radius 3 is 2.67 bits per heavy atom. The summed E-state index contributed by atoms with van der Waals surface area (Å²) < 4.78 is 10.7. The van der Waals surface area contributed by atoms with E-state index in [0.29, 0.717) is 13.2 Å². The van der Waals surface area contributed by atoms with Crippen molar-refractivity contribution in [2.24, 2.45) is 0 Å². The third kappa shape index (κ3) is 4.38. The van der Waals surface area contributed by atoms with Gasteiger partial charge in [0.15, 0.2) is 6.10 Å². The summed E-state index contributed by atoms with van der Waals surface area (Å²) in [5, 5.41) is 14.8. The molecule has 0 radical (unpaired) electrons. The summed E-state index contributed by atoms with van der Waals surface area (Å²) >= 11 is 0. The lowest BCUT2D eigenvalue weighted by atomic mass is 10.1. The van der Waals surface area contributed by atoms with Crippen LogP contribution in [0.5, 0.6) is 6.01 Å². The summed E-state index contributed by atoms with van der Waals surface area (Å²) in [4.78, 5) is 13.5. The lowest BCUT2D eigenvalue weighted by Crippen LogP contribution is -2.44. The van der Waals surface area contributed by atoms with E-state index in [4.69, 9.17) is 9.47 Å². The van der Waals surface area contributed by atoms with E-state index in [2.05, 4.69) is 20.7 Å². The quantitative estimate of drug-likeness (QED) is 0.869. The number of nitrogens with zero attached hydrogens (tertiary/aromatic N) is 4. The lowest BCUT2D eigenvalue weighted by molar-refractivity contribution is -0.128. The van der Waals surface area contributed by atoms with Crippen LogP contribution in [0.25, 0.3) is 0 Å². The number of aromatic nitrogens is 4. The highest BCUT2D eigenvalue weighted by Gasteiger charge is 2.23. The molecule has 1 amide bonds. The van der Waals surface area contributed by atoms with Crippen molar-refractivity contribution >= 4 is 5.91 Å². The van der Waals surface area contributed by atoms with Gasteiger partial charge in [0, 0.05) is 19.3 Å². The number of amides is 1. The van der Waals surface area contributed by atoms with Crippen LogP contribution in [-0.4, -0.2) is 51.5 Å². The molecule has 1 aromatic heterocycles. The smallest absolute Gasteiger partial charge is 0.356 e. The normalized spacial score (nSPS) is 18.3. The third-order valence-corrected chi connectivity index (χ3v) is 3.21. The van der Waals surface area contributed by atoms with Gasteiger partial charge in [-0.25, -0.2) is 0 Å². The predicted octanol–water partition coefficient (Wildman–Crippen LogP) is 0.491. The Bertz CT molecular complexity index is 476. The molecule has 8 heteroatoms. The average Bonchev–Trinajstić information content (AvgIpc) is 2.88. The van der Waals surface area contributed by atoms with Crippen LogP contribution in [0.2, 0.25) is 0 Å². The first-order valence-corrected chi connectivity index (χ1v) is 7.21. The Balaban J connectivity index is 1.86. The highest BCUT2D eigenvalue weighted by molar-refractivity contribution is 5.80. The number of hydrogen-bond acceptors (Lipinski definition) is 6. The molecule has 0 aliphatic carbocycles. The van der Waals surface area contributed by atoms with E-state index in [0.717, 1.165) is 12.8 Å². The van der Waals surface area contributed by atoms with Crippen LogP contribution in [0.4, 0.5) is 0 Å². The monoisotopic (exact) mass is 297 g/mol. The van der Waals surface area contributed by atoms with Gasteiger partial charge in [0.05, 0.1) is 5.54 Å². The number of carbonyl (C=O) groups excluding carboxylic acids is 1. The fraction of sp³-hybridized carbons (Fsp3) is 0.846. The Labute approximate surface area is 124 Å². The number of nitrogens with one attached hydrogen (secondary N) is 1. The van der Waals surface area contributed by atoms with Crippen molar-refractivity contribution in [2.45, 2.75) is 58.2 Å². The minimum atomic E-state index is -0.662. The third-order valence-electron chi connectivity index (χ3n) is 3.21. The Hall–Kier alpha value is -1.70. The molecule has 1 N–H and O–H groups in total. The number of ether oxygens (including phenoxy) is 2. The summed E-state index contributed by atoms with van der Waals surface area (Å²) in [5.41, 5.74) is -0.276. The number of rotatable bonds is 4. The fourth-order valence-electron chi connectivity index (χ4n) is 1.91. The van der Waals surface area contributed by atoms with Gasteiger partial charge in [0.1, 0.15) is 0 Å². The molecule has 1 unspecified atom stereocenters. The summed E-state index contributed by atoms with van der Waals surface area (Å²) in [6.45, 7) is 8.91. The maximum Gasteiger partial charge on any atom is 0.356 e. The second kappa shape index (κ2) is 6.38. The average molecular weight is 297 g/mol. The van der Waals surface area contributed by atoms with E-state index in [-0.39, 0.29) is 23.5 Å². The molecule has 1 saturated heterocycles. The van der Waals surface area contributed by atoms with Crippen LogP contribution in [0.1, 0.15) is 40.5 Å². The molecule has 1 fully saturated rings. The van der Waals surface area contributed by atoms with E-state index in [1.165, 1.54) is 4.80 Å². The summed E-state index contributed by atoms with van der Waals surface area (Å²) in [7, 11) is 0. The molecule has 0 spiro atoms. The van der Waals surface area contributed by atoms with Crippen LogP contribution in [0.15, 0.2) is 0 Å². The molecule has 0 aromatic carbocycles. The zero-order valence-corrected chi connectivity index (χ0v) is 13.0. The maximum atomic E-state index is 12.1. The topological polar surface area (TPSA) is 91.2 Å². The summed E-state index contributed by atoms with van der Waals surface area (Å²) in [5.74, 6) is -0.172. The van der Waals surface area contributed by atoms with Gasteiger partial charge in [0.2, 0.25) is 0 Å². The molecule has 2 heterocycles. The van der Waals surface area contributed by atoms with E-state index < -0.39 is 6.10 Å². The Kier molecular flexibility index (Phi) is 4.76. The van der Waals surface area contributed by atoms with Gasteiger partial charge >= 0.3 is 6.01 Å². The van der Waals surface area contributed by atoms with Crippen LogP contribution >= 0.6 is 0 Å². The van der Waals surface area contributed by atoms with Gasteiger partial charge in [-0.2, -0.15) is 4.80 Å². The maximum absolute atomic E-state index is 12.1. The molecule has 2 rings (SSSR count). The molecule has 1 aliphatic heterocycles. The van der Waals surface area contributed by atoms with E-state index >= 15 is 0 Å². The zero-order valence-electron chi connectivity index (χ0n) is 13.0. The van der Waals surface area contributed by atoms with E-state index in [9.17, 15) is 4.79 Å². The fourth-order valence-corrected chi connectivity index (χ4v) is 1.91. The van der Waals surface area contributed by atoms with Gasteiger partial charge in [-0.15, -0.1) is 0 Å². The standard InChI is InChI=1S/C13H23N5O3/c1-9(11(19)14-10-5-7-20-8-6-10)21-12-15-17-18(16-12)13(2,3)4/h9-10H,5-8H2,1-4H3,(H,14,19). The number of carbonyl (C=O) groups is 1. The summed E-state index contributed by atoms with van der Waals surface area (Å²) in [6.07, 6.45) is 0.999. The SMILES string of the molecule is CC(Oc1nnn(C(C)(C)C)n1)C(=O)NC1CCOCC1. The van der Waals surface area contributed by atoms with Crippen molar-refractivity contribution in [3.05, 3.63) is 0 Å². The first-order valence-electron chi connectivity index (χ1n) is 7.21. The minimum Gasteiger partial charge on any atom is -0.448 e. The van der Waals surface area contributed by atoms with E-state index in [1.54, 1.807) is 6.92 Å². The lowest BCUT2D eigenvalue weighted by Gasteiger charge is -2.24. The molecule has 0 saturated carbocycles. The molecule has 1 aliphatic rings. The van der Waals surface area contributed by atoms with Crippen LogP contribution in [-0.2, 0) is 15.1 Å². The van der Waals surface area contributed by atoms with Crippen LogP contribution < -0.4 is 10.1 Å². The molecule has 8 nitrogen and oxygen atoms in total. The van der Waals surface area contributed by atoms with Gasteiger partial charge in [-0.1, -0.05) is 10.2 Å². The molecular weight excluding hydrogens is 274 g/mol. The summed E-state index contributed by atoms with van der Waals surface area (Å²) in [6, 6.07) is 0.259. The Morgan fingerprint density at radius 1 is 1.43 bits per heavy atom. The van der Waals surface area contributed by atoms with Crippen molar-refractivity contribution in [1.82, 2.24) is 25.5 Å². The van der Waals surface area contributed by atoms with Gasteiger partial charge in [-0.05, 0) is 45.7 Å². The van der Waals surface area contributed by atoms with Gasteiger partial charge in [-0.3, -0.25) is 4.79 Å². The highest BCUT2D eigenvalue weighted by atomic mass is 16.5. The number of tetrazole rings is 1. The molecule has 21 heavy (non-hydrogen) atoms. The highest BCUT2D eigenvalue weighted by Crippen LogP contribution is 2.12. The second-order valence-electron chi connectivity index (χ2n) is 6.19.